The van der Waals surface area contributed by atoms with Gasteiger partial charge in [0.15, 0.2) is 16.9 Å². The first kappa shape index (κ1) is 22.1. The molecule has 4 rings (SSSR count). The number of carbonyl (C=O) groups excluding carboxylic acids is 1. The smallest absolute Gasteiger partial charge is 0.251 e. The number of hydrogen-bond acceptors (Lipinski definition) is 5. The SMILES string of the molecule is COc1ccc(CCNC(=O)c2ccc(-c3cc(=O)c4cc(C)ccc4o3)cc2)cc1OC. The van der Waals surface area contributed by atoms with Gasteiger partial charge in [-0.05, 0) is 55.3 Å². The number of rotatable bonds is 7. The summed E-state index contributed by atoms with van der Waals surface area (Å²) in [5.74, 6) is 1.63. The molecule has 0 aliphatic heterocycles. The Bertz CT molecular complexity index is 1360. The van der Waals surface area contributed by atoms with E-state index in [1.165, 1.54) is 6.07 Å². The van der Waals surface area contributed by atoms with E-state index in [9.17, 15) is 9.59 Å². The van der Waals surface area contributed by atoms with Gasteiger partial charge in [0.25, 0.3) is 5.91 Å². The molecule has 6 heteroatoms. The van der Waals surface area contributed by atoms with Gasteiger partial charge in [0.05, 0.1) is 19.6 Å². The molecular formula is C27H25NO5. The summed E-state index contributed by atoms with van der Waals surface area (Å²) in [6.07, 6.45) is 0.659. The molecule has 3 aromatic carbocycles. The monoisotopic (exact) mass is 443 g/mol. The van der Waals surface area contributed by atoms with E-state index in [1.807, 2.05) is 37.3 Å². The lowest BCUT2D eigenvalue weighted by atomic mass is 10.1. The molecule has 33 heavy (non-hydrogen) atoms. The highest BCUT2D eigenvalue weighted by atomic mass is 16.5. The maximum atomic E-state index is 12.5. The van der Waals surface area contributed by atoms with E-state index in [1.54, 1.807) is 44.6 Å². The Labute approximate surface area is 191 Å². The molecule has 0 fully saturated rings. The van der Waals surface area contributed by atoms with Crippen molar-refractivity contribution in [1.82, 2.24) is 5.32 Å². The van der Waals surface area contributed by atoms with Gasteiger partial charge in [0.1, 0.15) is 11.3 Å². The Morgan fingerprint density at radius 2 is 1.67 bits per heavy atom. The van der Waals surface area contributed by atoms with Gasteiger partial charge < -0.3 is 19.2 Å². The summed E-state index contributed by atoms with van der Waals surface area (Å²) in [6.45, 7) is 2.42. The van der Waals surface area contributed by atoms with Crippen LogP contribution in [0.2, 0.25) is 0 Å². The van der Waals surface area contributed by atoms with Crippen LogP contribution >= 0.6 is 0 Å². The number of benzene rings is 3. The van der Waals surface area contributed by atoms with Gasteiger partial charge in [-0.1, -0.05) is 29.8 Å². The highest BCUT2D eigenvalue weighted by molar-refractivity contribution is 5.94. The van der Waals surface area contributed by atoms with Crippen LogP contribution in [-0.2, 0) is 6.42 Å². The molecule has 0 saturated carbocycles. The Morgan fingerprint density at radius 3 is 2.39 bits per heavy atom. The zero-order valence-corrected chi connectivity index (χ0v) is 18.8. The summed E-state index contributed by atoms with van der Waals surface area (Å²) in [6, 6.07) is 19.7. The van der Waals surface area contributed by atoms with Gasteiger partial charge in [-0.15, -0.1) is 0 Å². The minimum absolute atomic E-state index is 0.0908. The third-order valence-corrected chi connectivity index (χ3v) is 5.46. The van der Waals surface area contributed by atoms with Gasteiger partial charge in [-0.2, -0.15) is 0 Å². The molecule has 0 atom stereocenters. The maximum Gasteiger partial charge on any atom is 0.251 e. The van der Waals surface area contributed by atoms with E-state index < -0.39 is 0 Å². The summed E-state index contributed by atoms with van der Waals surface area (Å²) in [7, 11) is 3.19. The topological polar surface area (TPSA) is 77.8 Å². The van der Waals surface area contributed by atoms with E-state index >= 15 is 0 Å². The molecule has 0 aliphatic carbocycles. The van der Waals surface area contributed by atoms with E-state index in [0.717, 1.165) is 16.7 Å². The van der Waals surface area contributed by atoms with Crippen LogP contribution in [0, 0.1) is 6.92 Å². The van der Waals surface area contributed by atoms with Crippen LogP contribution in [0.5, 0.6) is 11.5 Å². The normalized spacial score (nSPS) is 10.8. The highest BCUT2D eigenvalue weighted by Gasteiger charge is 2.10. The van der Waals surface area contributed by atoms with Crippen LogP contribution in [0.3, 0.4) is 0 Å². The second-order valence-electron chi connectivity index (χ2n) is 7.75. The molecule has 0 radical (unpaired) electrons. The number of nitrogens with one attached hydrogen (secondary N) is 1. The van der Waals surface area contributed by atoms with Gasteiger partial charge in [0, 0.05) is 23.7 Å². The summed E-state index contributed by atoms with van der Waals surface area (Å²) >= 11 is 0. The Kier molecular flexibility index (Phi) is 6.45. The Hall–Kier alpha value is -4.06. The predicted octanol–water partition coefficient (Wildman–Crippen LogP) is 4.76. The van der Waals surface area contributed by atoms with Crippen molar-refractivity contribution in [3.8, 4) is 22.8 Å². The fraction of sp³-hybridized carbons (Fsp3) is 0.185. The van der Waals surface area contributed by atoms with Crippen molar-refractivity contribution in [2.45, 2.75) is 13.3 Å². The van der Waals surface area contributed by atoms with Gasteiger partial charge in [-0.25, -0.2) is 0 Å². The molecule has 0 saturated heterocycles. The quantitative estimate of drug-likeness (QED) is 0.446. The van der Waals surface area contributed by atoms with Crippen molar-refractivity contribution in [1.29, 1.82) is 0 Å². The largest absolute Gasteiger partial charge is 0.493 e. The second kappa shape index (κ2) is 9.61. The number of hydrogen-bond donors (Lipinski definition) is 1. The molecule has 0 spiro atoms. The van der Waals surface area contributed by atoms with E-state index in [4.69, 9.17) is 13.9 Å². The molecule has 0 aliphatic rings. The Balaban J connectivity index is 1.42. The molecule has 4 aromatic rings. The lowest BCUT2D eigenvalue weighted by molar-refractivity contribution is 0.0954. The van der Waals surface area contributed by atoms with Crippen molar-refractivity contribution in [3.63, 3.8) is 0 Å². The van der Waals surface area contributed by atoms with Crippen molar-refractivity contribution in [3.05, 3.63) is 93.6 Å². The lowest BCUT2D eigenvalue weighted by Gasteiger charge is -2.10. The fourth-order valence-corrected chi connectivity index (χ4v) is 3.66. The highest BCUT2D eigenvalue weighted by Crippen LogP contribution is 2.27. The minimum atomic E-state index is -0.169. The van der Waals surface area contributed by atoms with E-state index in [2.05, 4.69) is 5.32 Å². The third kappa shape index (κ3) is 4.90. The van der Waals surface area contributed by atoms with E-state index in [0.29, 0.717) is 46.8 Å². The summed E-state index contributed by atoms with van der Waals surface area (Å²) in [4.78, 5) is 25.0. The average molecular weight is 443 g/mol. The second-order valence-corrected chi connectivity index (χ2v) is 7.75. The fourth-order valence-electron chi connectivity index (χ4n) is 3.66. The molecule has 168 valence electrons. The van der Waals surface area contributed by atoms with Gasteiger partial charge >= 0.3 is 0 Å². The van der Waals surface area contributed by atoms with Crippen molar-refractivity contribution in [2.75, 3.05) is 20.8 Å². The van der Waals surface area contributed by atoms with Crippen molar-refractivity contribution in [2.24, 2.45) is 0 Å². The van der Waals surface area contributed by atoms with E-state index in [-0.39, 0.29) is 11.3 Å². The number of fused-ring (bicyclic) bond motifs is 1. The maximum absolute atomic E-state index is 12.5. The first-order chi connectivity index (χ1) is 16.0. The van der Waals surface area contributed by atoms with Crippen LogP contribution in [0.15, 0.2) is 75.9 Å². The number of carbonyl (C=O) groups is 1. The first-order valence-corrected chi connectivity index (χ1v) is 10.6. The third-order valence-electron chi connectivity index (χ3n) is 5.46. The number of amides is 1. The van der Waals surface area contributed by atoms with Crippen LogP contribution < -0.4 is 20.2 Å². The standard InChI is InChI=1S/C27H25NO5/c1-17-4-10-23-21(14-17)22(29)16-25(33-23)19-6-8-20(9-7-19)27(30)28-13-12-18-5-11-24(31-2)26(15-18)32-3/h4-11,14-16H,12-13H2,1-3H3,(H,28,30). The van der Waals surface area contributed by atoms with Crippen LogP contribution in [0.25, 0.3) is 22.3 Å². The zero-order chi connectivity index (χ0) is 23.4. The zero-order valence-electron chi connectivity index (χ0n) is 18.8. The molecule has 0 unspecified atom stereocenters. The molecule has 1 amide bonds. The molecule has 1 N–H and O–H groups in total. The van der Waals surface area contributed by atoms with Crippen LogP contribution in [0.4, 0.5) is 0 Å². The minimum Gasteiger partial charge on any atom is -0.493 e. The molecule has 1 heterocycles. The number of aryl methyl sites for hydroxylation is 1. The lowest BCUT2D eigenvalue weighted by Crippen LogP contribution is -2.25. The van der Waals surface area contributed by atoms with Gasteiger partial charge in [0.2, 0.25) is 0 Å². The van der Waals surface area contributed by atoms with Crippen LogP contribution in [-0.4, -0.2) is 26.7 Å². The van der Waals surface area contributed by atoms with Crippen LogP contribution in [0.1, 0.15) is 21.5 Å². The first-order valence-electron chi connectivity index (χ1n) is 10.6. The molecule has 1 aromatic heterocycles. The molecule has 6 nitrogen and oxygen atoms in total. The van der Waals surface area contributed by atoms with Gasteiger partial charge in [-0.3, -0.25) is 9.59 Å². The predicted molar refractivity (Wildman–Crippen MR) is 128 cm³/mol. The summed E-state index contributed by atoms with van der Waals surface area (Å²) in [5.41, 5.74) is 3.75. The summed E-state index contributed by atoms with van der Waals surface area (Å²) < 4.78 is 16.5. The Morgan fingerprint density at radius 1 is 0.909 bits per heavy atom. The average Bonchev–Trinajstić information content (AvgIpc) is 2.84. The summed E-state index contributed by atoms with van der Waals surface area (Å²) in [5, 5.41) is 3.49. The van der Waals surface area contributed by atoms with Crippen molar-refractivity contribution >= 4 is 16.9 Å². The molecular weight excluding hydrogens is 418 g/mol. The molecule has 0 bridgehead atoms. The number of methoxy groups -OCH3 is 2. The van der Waals surface area contributed by atoms with Crippen molar-refractivity contribution < 1.29 is 18.7 Å². The number of ether oxygens (including phenoxy) is 2.